The fourth-order valence-electron chi connectivity index (χ4n) is 1.92. The number of nitrogens with two attached hydrogens (primary N) is 1. The van der Waals surface area contributed by atoms with Crippen LogP contribution < -0.4 is 11.3 Å². The number of hydrazine groups is 1. The van der Waals surface area contributed by atoms with E-state index in [2.05, 4.69) is 21.4 Å². The molecule has 0 fully saturated rings. The van der Waals surface area contributed by atoms with Crippen molar-refractivity contribution in [3.05, 3.63) is 69.4 Å². The van der Waals surface area contributed by atoms with Gasteiger partial charge in [-0.3, -0.25) is 11.3 Å². The summed E-state index contributed by atoms with van der Waals surface area (Å²) in [6, 6.07) is 7.51. The summed E-state index contributed by atoms with van der Waals surface area (Å²) in [6.45, 7) is 0. The van der Waals surface area contributed by atoms with E-state index in [0.717, 1.165) is 16.6 Å². The molecule has 0 saturated carbocycles. The SMILES string of the molecule is NNC(Cc1cc(Br)ccc1F)c1ccc(F)c(F)c1. The van der Waals surface area contributed by atoms with Crippen LogP contribution in [0, 0.1) is 17.5 Å². The second-order valence-corrected chi connectivity index (χ2v) is 5.25. The molecule has 20 heavy (non-hydrogen) atoms. The minimum absolute atomic E-state index is 0.215. The zero-order valence-corrected chi connectivity index (χ0v) is 11.9. The summed E-state index contributed by atoms with van der Waals surface area (Å²) in [4.78, 5) is 0. The Labute approximate surface area is 122 Å². The lowest BCUT2D eigenvalue weighted by atomic mass is 9.99. The quantitative estimate of drug-likeness (QED) is 0.656. The fourth-order valence-corrected chi connectivity index (χ4v) is 2.33. The van der Waals surface area contributed by atoms with Crippen molar-refractivity contribution in [3.63, 3.8) is 0 Å². The third-order valence-electron chi connectivity index (χ3n) is 2.98. The Morgan fingerprint density at radius 2 is 1.70 bits per heavy atom. The first-order valence-electron chi connectivity index (χ1n) is 5.86. The first-order valence-corrected chi connectivity index (χ1v) is 6.65. The van der Waals surface area contributed by atoms with Crippen LogP contribution in [0.15, 0.2) is 40.9 Å². The molecule has 2 nitrogen and oxygen atoms in total. The molecule has 106 valence electrons. The van der Waals surface area contributed by atoms with Gasteiger partial charge in [-0.2, -0.15) is 0 Å². The summed E-state index contributed by atoms with van der Waals surface area (Å²) in [6.07, 6.45) is 0.215. The van der Waals surface area contributed by atoms with Gasteiger partial charge in [-0.25, -0.2) is 13.2 Å². The number of hydrogen-bond donors (Lipinski definition) is 2. The Morgan fingerprint density at radius 3 is 2.35 bits per heavy atom. The predicted octanol–water partition coefficient (Wildman–Crippen LogP) is 3.61. The molecule has 1 unspecified atom stereocenters. The summed E-state index contributed by atoms with van der Waals surface area (Å²) < 4.78 is 40.6. The van der Waals surface area contributed by atoms with E-state index in [0.29, 0.717) is 11.1 Å². The van der Waals surface area contributed by atoms with E-state index in [1.807, 2.05) is 0 Å². The van der Waals surface area contributed by atoms with Crippen LogP contribution in [0.3, 0.4) is 0 Å². The molecule has 0 aromatic heterocycles. The highest BCUT2D eigenvalue weighted by Gasteiger charge is 2.15. The smallest absolute Gasteiger partial charge is 0.159 e. The lowest BCUT2D eigenvalue weighted by molar-refractivity contribution is 0.494. The van der Waals surface area contributed by atoms with Crippen LogP contribution in [0.4, 0.5) is 13.2 Å². The second-order valence-electron chi connectivity index (χ2n) is 4.33. The van der Waals surface area contributed by atoms with Crippen molar-refractivity contribution in [2.24, 2.45) is 5.84 Å². The molecule has 6 heteroatoms. The van der Waals surface area contributed by atoms with Crippen LogP contribution in [0.2, 0.25) is 0 Å². The molecule has 0 aliphatic rings. The van der Waals surface area contributed by atoms with Crippen molar-refractivity contribution in [1.82, 2.24) is 5.43 Å². The number of benzene rings is 2. The maximum Gasteiger partial charge on any atom is 0.159 e. The Balaban J connectivity index is 2.28. The third kappa shape index (κ3) is 3.39. The minimum atomic E-state index is -0.961. The predicted molar refractivity (Wildman–Crippen MR) is 74.2 cm³/mol. The van der Waals surface area contributed by atoms with Gasteiger partial charge in [0.15, 0.2) is 11.6 Å². The molecule has 1 atom stereocenters. The molecule has 0 radical (unpaired) electrons. The van der Waals surface area contributed by atoms with Gasteiger partial charge in [0.1, 0.15) is 5.82 Å². The monoisotopic (exact) mass is 344 g/mol. The first-order chi connectivity index (χ1) is 9.51. The van der Waals surface area contributed by atoms with Crippen LogP contribution in [-0.2, 0) is 6.42 Å². The summed E-state index contributed by atoms with van der Waals surface area (Å²) >= 11 is 3.26. The molecule has 2 aromatic carbocycles. The highest BCUT2D eigenvalue weighted by atomic mass is 79.9. The van der Waals surface area contributed by atoms with Crippen molar-refractivity contribution in [2.75, 3.05) is 0 Å². The van der Waals surface area contributed by atoms with Crippen molar-refractivity contribution in [3.8, 4) is 0 Å². The fraction of sp³-hybridized carbons (Fsp3) is 0.143. The highest BCUT2D eigenvalue weighted by Crippen LogP contribution is 2.23. The van der Waals surface area contributed by atoms with E-state index in [1.54, 1.807) is 12.1 Å². The molecular formula is C14H12BrF3N2. The standard InChI is InChI=1S/C14H12BrF3N2/c15-10-2-4-11(16)9(5-10)7-14(20-19)8-1-3-12(17)13(18)6-8/h1-6,14,20H,7,19H2. The Bertz CT molecular complexity index is 619. The molecule has 0 heterocycles. The number of rotatable bonds is 4. The minimum Gasteiger partial charge on any atom is -0.271 e. The molecule has 0 saturated heterocycles. The molecule has 2 aromatic rings. The summed E-state index contributed by atoms with van der Waals surface area (Å²) in [5.74, 6) is 3.16. The maximum absolute atomic E-state index is 13.7. The number of nitrogens with one attached hydrogen (secondary N) is 1. The zero-order chi connectivity index (χ0) is 14.7. The number of hydrogen-bond acceptors (Lipinski definition) is 2. The van der Waals surface area contributed by atoms with Crippen LogP contribution in [0.1, 0.15) is 17.2 Å². The van der Waals surface area contributed by atoms with Gasteiger partial charge < -0.3 is 0 Å². The van der Waals surface area contributed by atoms with Crippen molar-refractivity contribution < 1.29 is 13.2 Å². The van der Waals surface area contributed by atoms with E-state index in [9.17, 15) is 13.2 Å². The molecule has 0 spiro atoms. The Morgan fingerprint density at radius 1 is 1.00 bits per heavy atom. The van der Waals surface area contributed by atoms with Crippen LogP contribution in [0.5, 0.6) is 0 Å². The Hall–Kier alpha value is -1.37. The van der Waals surface area contributed by atoms with E-state index in [1.165, 1.54) is 12.1 Å². The summed E-state index contributed by atoms with van der Waals surface area (Å²) in [7, 11) is 0. The molecule has 0 amide bonds. The third-order valence-corrected chi connectivity index (χ3v) is 3.47. The van der Waals surface area contributed by atoms with E-state index in [-0.39, 0.29) is 12.2 Å². The van der Waals surface area contributed by atoms with Gasteiger partial charge in [-0.1, -0.05) is 22.0 Å². The van der Waals surface area contributed by atoms with Gasteiger partial charge in [0.05, 0.1) is 6.04 Å². The largest absolute Gasteiger partial charge is 0.271 e. The van der Waals surface area contributed by atoms with Crippen molar-refractivity contribution >= 4 is 15.9 Å². The summed E-state index contributed by atoms with van der Waals surface area (Å²) in [5, 5.41) is 0. The van der Waals surface area contributed by atoms with Gasteiger partial charge in [0.25, 0.3) is 0 Å². The molecule has 3 N–H and O–H groups in total. The first kappa shape index (κ1) is 15.0. The number of halogens is 4. The molecule has 0 aliphatic heterocycles. The van der Waals surface area contributed by atoms with E-state index >= 15 is 0 Å². The van der Waals surface area contributed by atoms with Crippen LogP contribution in [-0.4, -0.2) is 0 Å². The lowest BCUT2D eigenvalue weighted by Crippen LogP contribution is -2.30. The van der Waals surface area contributed by atoms with Crippen molar-refractivity contribution in [1.29, 1.82) is 0 Å². The van der Waals surface area contributed by atoms with Gasteiger partial charge in [0, 0.05) is 4.47 Å². The van der Waals surface area contributed by atoms with Gasteiger partial charge in [-0.15, -0.1) is 0 Å². The van der Waals surface area contributed by atoms with Crippen LogP contribution in [0.25, 0.3) is 0 Å². The maximum atomic E-state index is 13.7. The second kappa shape index (κ2) is 6.39. The average molecular weight is 345 g/mol. The molecule has 0 bridgehead atoms. The average Bonchev–Trinajstić information content (AvgIpc) is 2.43. The topological polar surface area (TPSA) is 38.0 Å². The molecule has 0 aliphatic carbocycles. The van der Waals surface area contributed by atoms with Gasteiger partial charge in [-0.05, 0) is 47.9 Å². The molecule has 2 rings (SSSR count). The normalized spacial score (nSPS) is 12.4. The van der Waals surface area contributed by atoms with Crippen molar-refractivity contribution in [2.45, 2.75) is 12.5 Å². The van der Waals surface area contributed by atoms with E-state index in [4.69, 9.17) is 5.84 Å². The molecular weight excluding hydrogens is 333 g/mol. The lowest BCUT2D eigenvalue weighted by Gasteiger charge is -2.17. The Kier molecular flexibility index (Phi) is 4.80. The van der Waals surface area contributed by atoms with Crippen LogP contribution >= 0.6 is 15.9 Å². The highest BCUT2D eigenvalue weighted by molar-refractivity contribution is 9.10. The summed E-state index contributed by atoms with van der Waals surface area (Å²) in [5.41, 5.74) is 3.36. The van der Waals surface area contributed by atoms with Gasteiger partial charge in [0.2, 0.25) is 0 Å². The van der Waals surface area contributed by atoms with Gasteiger partial charge >= 0.3 is 0 Å². The zero-order valence-electron chi connectivity index (χ0n) is 10.3. The van der Waals surface area contributed by atoms with E-state index < -0.39 is 17.7 Å².